The third-order valence-electron chi connectivity index (χ3n) is 5.09. The highest BCUT2D eigenvalue weighted by Gasteiger charge is 2.26. The van der Waals surface area contributed by atoms with E-state index in [0.717, 1.165) is 62.4 Å². The average molecular weight is 337 g/mol. The van der Waals surface area contributed by atoms with Gasteiger partial charge in [-0.05, 0) is 61.6 Å². The van der Waals surface area contributed by atoms with Gasteiger partial charge in [0.1, 0.15) is 17.3 Å². The lowest BCUT2D eigenvalue weighted by Crippen LogP contribution is -2.28. The normalized spacial score (nSPS) is 16.8. The minimum Gasteiger partial charge on any atom is -0.384 e. The smallest absolute Gasteiger partial charge is 0.270 e. The van der Waals surface area contributed by atoms with E-state index in [-0.39, 0.29) is 11.7 Å². The summed E-state index contributed by atoms with van der Waals surface area (Å²) < 4.78 is 0. The Balaban J connectivity index is 1.63. The molecule has 1 aromatic carbocycles. The first-order chi connectivity index (χ1) is 12.1. The molecule has 1 aromatic heterocycles. The SMILES string of the molecule is N=C(N)c1ccc(N2CCCc3cc(C(=O)N4CCCC4)[nH]c32)cc1. The number of aromatic nitrogens is 1. The minimum atomic E-state index is 0.0734. The predicted octanol–water partition coefficient (Wildman–Crippen LogP) is 2.62. The van der Waals surface area contributed by atoms with Gasteiger partial charge in [0, 0.05) is 30.9 Å². The van der Waals surface area contributed by atoms with E-state index < -0.39 is 0 Å². The summed E-state index contributed by atoms with van der Waals surface area (Å²) in [7, 11) is 0. The van der Waals surface area contributed by atoms with E-state index in [0.29, 0.717) is 5.69 Å². The molecule has 25 heavy (non-hydrogen) atoms. The minimum absolute atomic E-state index is 0.0734. The molecule has 0 bridgehead atoms. The Labute approximate surface area is 147 Å². The van der Waals surface area contributed by atoms with Gasteiger partial charge >= 0.3 is 0 Å². The molecule has 0 saturated carbocycles. The number of nitrogens with two attached hydrogens (primary N) is 1. The maximum absolute atomic E-state index is 12.7. The number of hydrogen-bond donors (Lipinski definition) is 3. The molecule has 130 valence electrons. The number of carbonyl (C=O) groups is 1. The lowest BCUT2D eigenvalue weighted by atomic mass is 10.1. The molecule has 0 spiro atoms. The molecule has 2 aliphatic heterocycles. The van der Waals surface area contributed by atoms with Gasteiger partial charge in [0.05, 0.1) is 0 Å². The quantitative estimate of drug-likeness (QED) is 0.594. The highest BCUT2D eigenvalue weighted by molar-refractivity contribution is 5.96. The first-order valence-electron chi connectivity index (χ1n) is 8.86. The number of carbonyl (C=O) groups excluding carboxylic acids is 1. The van der Waals surface area contributed by atoms with Crippen LogP contribution in [0.3, 0.4) is 0 Å². The maximum atomic E-state index is 12.7. The molecule has 4 N–H and O–H groups in total. The number of anilines is 2. The van der Waals surface area contributed by atoms with E-state index in [1.165, 1.54) is 5.56 Å². The molecule has 1 saturated heterocycles. The third-order valence-corrected chi connectivity index (χ3v) is 5.09. The lowest BCUT2D eigenvalue weighted by molar-refractivity contribution is 0.0788. The fourth-order valence-electron chi connectivity index (χ4n) is 3.74. The Morgan fingerprint density at radius 1 is 1.08 bits per heavy atom. The molecule has 1 fully saturated rings. The second-order valence-corrected chi connectivity index (χ2v) is 6.77. The zero-order chi connectivity index (χ0) is 17.4. The molecule has 0 aliphatic carbocycles. The van der Waals surface area contributed by atoms with Gasteiger partial charge in [0.2, 0.25) is 0 Å². The number of nitrogen functional groups attached to an aromatic ring is 1. The van der Waals surface area contributed by atoms with Crippen LogP contribution in [0.15, 0.2) is 30.3 Å². The van der Waals surface area contributed by atoms with Gasteiger partial charge in [-0.25, -0.2) is 0 Å². The predicted molar refractivity (Wildman–Crippen MR) is 98.7 cm³/mol. The van der Waals surface area contributed by atoms with Gasteiger partial charge in [-0.2, -0.15) is 0 Å². The fraction of sp³-hybridized carbons (Fsp3) is 0.368. The largest absolute Gasteiger partial charge is 0.384 e. The Hall–Kier alpha value is -2.76. The van der Waals surface area contributed by atoms with Crippen LogP contribution in [0.1, 0.15) is 40.9 Å². The number of nitrogens with zero attached hydrogens (tertiary/aromatic N) is 2. The van der Waals surface area contributed by atoms with Crippen LogP contribution in [0.4, 0.5) is 11.5 Å². The van der Waals surface area contributed by atoms with Crippen LogP contribution >= 0.6 is 0 Å². The topological polar surface area (TPSA) is 89.2 Å². The summed E-state index contributed by atoms with van der Waals surface area (Å²) in [6.07, 6.45) is 4.24. The zero-order valence-corrected chi connectivity index (χ0v) is 14.2. The van der Waals surface area contributed by atoms with Gasteiger partial charge in [0.15, 0.2) is 0 Å². The molecule has 4 rings (SSSR count). The summed E-state index contributed by atoms with van der Waals surface area (Å²) in [4.78, 5) is 20.2. The Kier molecular flexibility index (Phi) is 3.95. The number of aryl methyl sites for hydroxylation is 1. The van der Waals surface area contributed by atoms with Crippen LogP contribution in [0, 0.1) is 5.41 Å². The Bertz CT molecular complexity index is 802. The number of H-pyrrole nitrogens is 1. The zero-order valence-electron chi connectivity index (χ0n) is 14.2. The number of aromatic amines is 1. The highest BCUT2D eigenvalue weighted by atomic mass is 16.2. The average Bonchev–Trinajstić information content (AvgIpc) is 3.30. The van der Waals surface area contributed by atoms with Crippen molar-refractivity contribution in [3.05, 3.63) is 47.2 Å². The fourth-order valence-corrected chi connectivity index (χ4v) is 3.74. The maximum Gasteiger partial charge on any atom is 0.270 e. The molecule has 0 unspecified atom stereocenters. The first-order valence-corrected chi connectivity index (χ1v) is 8.86. The van der Waals surface area contributed by atoms with Crippen LogP contribution in [0.5, 0.6) is 0 Å². The van der Waals surface area contributed by atoms with Crippen molar-refractivity contribution in [3.8, 4) is 0 Å². The van der Waals surface area contributed by atoms with E-state index in [1.54, 1.807) is 0 Å². The van der Waals surface area contributed by atoms with E-state index in [1.807, 2.05) is 35.2 Å². The molecule has 6 nitrogen and oxygen atoms in total. The van der Waals surface area contributed by atoms with Crippen molar-refractivity contribution < 1.29 is 4.79 Å². The second kappa shape index (κ2) is 6.27. The van der Waals surface area contributed by atoms with Gasteiger partial charge in [-0.15, -0.1) is 0 Å². The monoisotopic (exact) mass is 337 g/mol. The van der Waals surface area contributed by atoms with Crippen molar-refractivity contribution >= 4 is 23.2 Å². The molecule has 0 atom stereocenters. The van der Waals surface area contributed by atoms with Crippen molar-refractivity contribution in [1.82, 2.24) is 9.88 Å². The van der Waals surface area contributed by atoms with Crippen LogP contribution in [-0.2, 0) is 6.42 Å². The number of rotatable bonds is 3. The van der Waals surface area contributed by atoms with Crippen LogP contribution in [0.25, 0.3) is 0 Å². The standard InChI is InChI=1S/C19H23N5O/c20-17(21)13-5-7-15(8-6-13)24-11-3-4-14-12-16(22-18(14)24)19(25)23-9-1-2-10-23/h5-8,12,22H,1-4,9-11H2,(H3,20,21). The number of amides is 1. The van der Waals surface area contributed by atoms with Crippen LogP contribution < -0.4 is 10.6 Å². The van der Waals surface area contributed by atoms with Gasteiger partial charge in [-0.3, -0.25) is 10.2 Å². The van der Waals surface area contributed by atoms with Crippen molar-refractivity contribution in [2.24, 2.45) is 5.73 Å². The lowest BCUT2D eigenvalue weighted by Gasteiger charge is -2.29. The highest BCUT2D eigenvalue weighted by Crippen LogP contribution is 2.34. The second-order valence-electron chi connectivity index (χ2n) is 6.77. The Morgan fingerprint density at radius 3 is 2.48 bits per heavy atom. The summed E-state index contributed by atoms with van der Waals surface area (Å²) in [5.74, 6) is 1.20. The van der Waals surface area contributed by atoms with E-state index in [2.05, 4.69) is 9.88 Å². The summed E-state index contributed by atoms with van der Waals surface area (Å²) in [5, 5.41) is 7.52. The molecular weight excluding hydrogens is 314 g/mol. The molecule has 2 aliphatic rings. The van der Waals surface area contributed by atoms with Gasteiger partial charge in [-0.1, -0.05) is 0 Å². The molecular formula is C19H23N5O. The molecule has 2 aromatic rings. The van der Waals surface area contributed by atoms with Gasteiger partial charge < -0.3 is 20.5 Å². The van der Waals surface area contributed by atoms with Crippen molar-refractivity contribution in [3.63, 3.8) is 0 Å². The molecule has 1 amide bonds. The Morgan fingerprint density at radius 2 is 1.80 bits per heavy atom. The van der Waals surface area contributed by atoms with Crippen LogP contribution in [-0.4, -0.2) is 41.3 Å². The third kappa shape index (κ3) is 2.88. The number of benzene rings is 1. The number of fused-ring (bicyclic) bond motifs is 1. The summed E-state index contributed by atoms with van der Waals surface area (Å²) in [5.41, 5.74) is 9.20. The first kappa shape index (κ1) is 15.7. The van der Waals surface area contributed by atoms with Crippen molar-refractivity contribution in [2.75, 3.05) is 24.5 Å². The van der Waals surface area contributed by atoms with E-state index >= 15 is 0 Å². The number of nitrogens with one attached hydrogen (secondary N) is 2. The summed E-state index contributed by atoms with van der Waals surface area (Å²) in [6, 6.07) is 9.71. The molecule has 3 heterocycles. The van der Waals surface area contributed by atoms with Crippen LogP contribution in [0.2, 0.25) is 0 Å². The summed E-state index contributed by atoms with van der Waals surface area (Å²) in [6.45, 7) is 2.63. The van der Waals surface area contributed by atoms with Crippen molar-refractivity contribution in [1.29, 1.82) is 5.41 Å². The molecule has 0 radical (unpaired) electrons. The van der Waals surface area contributed by atoms with E-state index in [9.17, 15) is 4.79 Å². The molecule has 6 heteroatoms. The number of likely N-dealkylation sites (tertiary alicyclic amines) is 1. The van der Waals surface area contributed by atoms with E-state index in [4.69, 9.17) is 11.1 Å². The number of amidine groups is 1. The number of hydrogen-bond acceptors (Lipinski definition) is 3. The summed E-state index contributed by atoms with van der Waals surface area (Å²) >= 11 is 0. The van der Waals surface area contributed by atoms with Crippen molar-refractivity contribution in [2.45, 2.75) is 25.7 Å². The van der Waals surface area contributed by atoms with Gasteiger partial charge in [0.25, 0.3) is 5.91 Å².